The van der Waals surface area contributed by atoms with E-state index < -0.39 is 11.7 Å². The lowest BCUT2D eigenvalue weighted by molar-refractivity contribution is -0.138. The summed E-state index contributed by atoms with van der Waals surface area (Å²) in [5.41, 5.74) is -0.561. The van der Waals surface area contributed by atoms with Crippen LogP contribution in [0.3, 0.4) is 0 Å². The molecule has 1 saturated heterocycles. The Morgan fingerprint density at radius 2 is 2.08 bits per heavy atom. The van der Waals surface area contributed by atoms with Gasteiger partial charge in [-0.25, -0.2) is 0 Å². The van der Waals surface area contributed by atoms with Crippen LogP contribution in [0.25, 0.3) is 0 Å². The molecule has 1 N–H and O–H groups in total. The first kappa shape index (κ1) is 16.8. The average Bonchev–Trinajstić information content (AvgIpc) is 2.95. The summed E-state index contributed by atoms with van der Waals surface area (Å²) in [5.74, 6) is 0.630. The number of halogens is 3. The number of hydrogen-bond donors (Lipinski definition) is 1. The van der Waals surface area contributed by atoms with Gasteiger partial charge in [0, 0.05) is 18.0 Å². The van der Waals surface area contributed by atoms with Crippen LogP contribution in [-0.2, 0) is 12.6 Å². The van der Waals surface area contributed by atoms with E-state index in [0.717, 1.165) is 19.0 Å². The van der Waals surface area contributed by atoms with Gasteiger partial charge >= 0.3 is 6.18 Å². The first-order valence-corrected chi connectivity index (χ1v) is 7.88. The van der Waals surface area contributed by atoms with E-state index in [1.165, 1.54) is 18.2 Å². The second-order valence-electron chi connectivity index (χ2n) is 6.33. The molecular formula is C17H19F3N2O2. The molecule has 0 radical (unpaired) electrons. The van der Waals surface area contributed by atoms with Gasteiger partial charge in [0.2, 0.25) is 0 Å². The Labute approximate surface area is 137 Å². The Bertz CT molecular complexity index is 751. The Balaban J connectivity index is 1.80. The van der Waals surface area contributed by atoms with E-state index in [1.54, 1.807) is 6.07 Å². The Hall–Kier alpha value is -2.02. The highest BCUT2D eigenvalue weighted by Crippen LogP contribution is 2.35. The lowest BCUT2D eigenvalue weighted by Crippen LogP contribution is -2.40. The lowest BCUT2D eigenvalue weighted by atomic mass is 9.85. The van der Waals surface area contributed by atoms with E-state index in [2.05, 4.69) is 10.1 Å². The molecule has 7 heteroatoms. The number of likely N-dealkylation sites (N-methyl/N-ethyl adjacent to an activating group) is 1. The minimum atomic E-state index is -4.35. The Morgan fingerprint density at radius 1 is 1.33 bits per heavy atom. The van der Waals surface area contributed by atoms with Crippen LogP contribution in [-0.4, -0.2) is 29.7 Å². The fraction of sp³-hybridized carbons (Fsp3) is 0.471. The number of hydrogen-bond acceptors (Lipinski definition) is 3. The topological polar surface area (TPSA) is 49.2 Å². The molecule has 2 aromatic rings. The van der Waals surface area contributed by atoms with Gasteiger partial charge in [-0.2, -0.15) is 18.3 Å². The van der Waals surface area contributed by atoms with Gasteiger partial charge in [0.15, 0.2) is 0 Å². The summed E-state index contributed by atoms with van der Waals surface area (Å²) in [5, 5.41) is 2.28. The summed E-state index contributed by atoms with van der Waals surface area (Å²) >= 11 is 0. The van der Waals surface area contributed by atoms with Gasteiger partial charge in [0.25, 0.3) is 5.56 Å². The SMILES string of the molecule is CN1CC[C@@H](c2cc(=O)[nH]o2)C[C@H]1Cc1ccccc1C(F)(F)F. The largest absolute Gasteiger partial charge is 0.416 e. The minimum Gasteiger partial charge on any atom is -0.383 e. The van der Waals surface area contributed by atoms with Gasteiger partial charge in [-0.3, -0.25) is 4.79 Å². The number of nitrogens with zero attached hydrogens (tertiary/aromatic N) is 1. The molecule has 1 aliphatic heterocycles. The third-order valence-electron chi connectivity index (χ3n) is 4.73. The third kappa shape index (κ3) is 3.56. The predicted molar refractivity (Wildman–Crippen MR) is 82.9 cm³/mol. The number of aromatic amines is 1. The van der Waals surface area contributed by atoms with E-state index >= 15 is 0 Å². The molecule has 1 fully saturated rings. The van der Waals surface area contributed by atoms with Crippen molar-refractivity contribution in [3.8, 4) is 0 Å². The fourth-order valence-electron chi connectivity index (χ4n) is 3.39. The molecule has 3 rings (SSSR count). The second-order valence-corrected chi connectivity index (χ2v) is 6.33. The van der Waals surface area contributed by atoms with Crippen molar-refractivity contribution < 1.29 is 17.7 Å². The Kier molecular flexibility index (Phi) is 4.54. The van der Waals surface area contributed by atoms with Crippen molar-refractivity contribution in [2.24, 2.45) is 0 Å². The van der Waals surface area contributed by atoms with Crippen molar-refractivity contribution >= 4 is 0 Å². The van der Waals surface area contributed by atoms with Gasteiger partial charge in [0.05, 0.1) is 5.56 Å². The van der Waals surface area contributed by atoms with E-state index in [-0.39, 0.29) is 17.5 Å². The molecule has 2 heterocycles. The number of likely N-dealkylation sites (tertiary alicyclic amines) is 1. The molecule has 0 unspecified atom stereocenters. The molecule has 0 aliphatic carbocycles. The number of rotatable bonds is 3. The van der Waals surface area contributed by atoms with Gasteiger partial charge < -0.3 is 9.42 Å². The van der Waals surface area contributed by atoms with Crippen LogP contribution in [0.4, 0.5) is 13.2 Å². The zero-order valence-electron chi connectivity index (χ0n) is 13.3. The Morgan fingerprint density at radius 3 is 2.75 bits per heavy atom. The summed E-state index contributed by atoms with van der Waals surface area (Å²) in [6.45, 7) is 0.748. The average molecular weight is 340 g/mol. The van der Waals surface area contributed by atoms with Crippen LogP contribution in [0, 0.1) is 0 Å². The molecule has 1 aromatic carbocycles. The summed E-state index contributed by atoms with van der Waals surface area (Å²) in [6.07, 6.45) is -2.56. The molecule has 24 heavy (non-hydrogen) atoms. The van der Waals surface area contributed by atoms with Gasteiger partial charge in [-0.05, 0) is 44.5 Å². The zero-order valence-corrected chi connectivity index (χ0v) is 13.3. The van der Waals surface area contributed by atoms with Crippen molar-refractivity contribution in [3.63, 3.8) is 0 Å². The molecule has 1 aliphatic rings. The highest BCUT2D eigenvalue weighted by atomic mass is 19.4. The van der Waals surface area contributed by atoms with E-state index in [9.17, 15) is 18.0 Å². The summed E-state index contributed by atoms with van der Waals surface area (Å²) in [7, 11) is 1.92. The van der Waals surface area contributed by atoms with Crippen LogP contribution in [0.15, 0.2) is 39.6 Å². The normalized spacial score (nSPS) is 22.7. The third-order valence-corrected chi connectivity index (χ3v) is 4.73. The van der Waals surface area contributed by atoms with Crippen LogP contribution >= 0.6 is 0 Å². The standard InChI is InChI=1S/C17H19F3N2O2/c1-22-7-6-12(15-10-16(23)21-24-15)9-13(22)8-11-4-2-3-5-14(11)17(18,19)20/h2-5,10,12-13H,6-9H2,1H3,(H,21,23)/t12-,13-/m1/s1. The van der Waals surface area contributed by atoms with E-state index in [0.29, 0.717) is 24.2 Å². The van der Waals surface area contributed by atoms with Crippen LogP contribution < -0.4 is 5.56 Å². The lowest BCUT2D eigenvalue weighted by Gasteiger charge is -2.36. The van der Waals surface area contributed by atoms with Gasteiger partial charge in [-0.1, -0.05) is 18.2 Å². The molecule has 2 atom stereocenters. The van der Waals surface area contributed by atoms with Crippen molar-refractivity contribution in [2.45, 2.75) is 37.4 Å². The maximum absolute atomic E-state index is 13.2. The molecule has 0 bridgehead atoms. The van der Waals surface area contributed by atoms with Crippen LogP contribution in [0.1, 0.15) is 35.6 Å². The predicted octanol–water partition coefficient (Wildman–Crippen LogP) is 3.41. The number of piperidine rings is 1. The minimum absolute atomic E-state index is 0.0348. The van der Waals surface area contributed by atoms with Crippen molar-refractivity contribution in [2.75, 3.05) is 13.6 Å². The van der Waals surface area contributed by atoms with E-state index in [1.807, 2.05) is 7.05 Å². The molecule has 130 valence electrons. The van der Waals surface area contributed by atoms with Crippen molar-refractivity contribution in [3.05, 3.63) is 57.6 Å². The number of nitrogens with one attached hydrogen (secondary N) is 1. The zero-order chi connectivity index (χ0) is 17.3. The van der Waals surface area contributed by atoms with Crippen molar-refractivity contribution in [1.82, 2.24) is 10.1 Å². The fourth-order valence-corrected chi connectivity index (χ4v) is 3.39. The summed E-state index contributed by atoms with van der Waals surface area (Å²) < 4.78 is 44.7. The summed E-state index contributed by atoms with van der Waals surface area (Å²) in [6, 6.07) is 7.10. The van der Waals surface area contributed by atoms with Crippen molar-refractivity contribution in [1.29, 1.82) is 0 Å². The molecule has 4 nitrogen and oxygen atoms in total. The monoisotopic (exact) mass is 340 g/mol. The van der Waals surface area contributed by atoms with Crippen LogP contribution in [0.2, 0.25) is 0 Å². The highest BCUT2D eigenvalue weighted by molar-refractivity contribution is 5.30. The molecular weight excluding hydrogens is 321 g/mol. The maximum atomic E-state index is 13.2. The smallest absolute Gasteiger partial charge is 0.383 e. The number of alkyl halides is 3. The van der Waals surface area contributed by atoms with Crippen LogP contribution in [0.5, 0.6) is 0 Å². The number of H-pyrrole nitrogens is 1. The van der Waals surface area contributed by atoms with E-state index in [4.69, 9.17) is 4.52 Å². The number of benzene rings is 1. The second kappa shape index (κ2) is 6.47. The molecule has 0 saturated carbocycles. The quantitative estimate of drug-likeness (QED) is 0.932. The number of aromatic nitrogens is 1. The molecule has 1 aromatic heterocycles. The van der Waals surface area contributed by atoms with Gasteiger partial charge in [0.1, 0.15) is 5.76 Å². The molecule has 0 spiro atoms. The highest BCUT2D eigenvalue weighted by Gasteiger charge is 2.35. The maximum Gasteiger partial charge on any atom is 0.416 e. The van der Waals surface area contributed by atoms with Gasteiger partial charge in [-0.15, -0.1) is 0 Å². The first-order valence-electron chi connectivity index (χ1n) is 7.88. The first-order chi connectivity index (χ1) is 11.3. The molecule has 0 amide bonds. The summed E-state index contributed by atoms with van der Waals surface area (Å²) in [4.78, 5) is 13.3.